The zero-order chi connectivity index (χ0) is 9.59. The van der Waals surface area contributed by atoms with Crippen LogP contribution in [0.3, 0.4) is 0 Å². The molecule has 1 unspecified atom stereocenters. The minimum Gasteiger partial charge on any atom is -0.293 e. The quantitative estimate of drug-likeness (QED) is 0.643. The van der Waals surface area contributed by atoms with E-state index in [0.717, 1.165) is 12.1 Å². The van der Waals surface area contributed by atoms with Gasteiger partial charge >= 0.3 is 0 Å². The van der Waals surface area contributed by atoms with Gasteiger partial charge in [-0.2, -0.15) is 0 Å². The summed E-state index contributed by atoms with van der Waals surface area (Å²) in [6.07, 6.45) is 0.436. The molecule has 0 heterocycles. The lowest BCUT2D eigenvalue weighted by atomic mass is 10.1. The molecule has 0 amide bonds. The normalized spacial score (nSPS) is 20.5. The molecule has 0 aromatic heterocycles. The predicted molar refractivity (Wildman–Crippen MR) is 47.1 cm³/mol. The summed E-state index contributed by atoms with van der Waals surface area (Å²) in [5, 5.41) is 0. The summed E-state index contributed by atoms with van der Waals surface area (Å²) in [6, 6.07) is 2.05. The van der Waals surface area contributed by atoms with E-state index >= 15 is 0 Å². The maximum atomic E-state index is 12.7. The van der Waals surface area contributed by atoms with E-state index in [1.54, 1.807) is 0 Å². The number of hydrogen-bond acceptors (Lipinski definition) is 1. The SMILES string of the molecule is O=C1c2cc(F)c(F)cc2CC1Br. The van der Waals surface area contributed by atoms with Crippen LogP contribution in [-0.4, -0.2) is 10.6 Å². The van der Waals surface area contributed by atoms with Crippen LogP contribution in [0.15, 0.2) is 12.1 Å². The molecule has 0 saturated carbocycles. The van der Waals surface area contributed by atoms with E-state index in [1.165, 1.54) is 0 Å². The van der Waals surface area contributed by atoms with Crippen molar-refractivity contribution in [2.75, 3.05) is 0 Å². The Kier molecular flexibility index (Phi) is 1.95. The van der Waals surface area contributed by atoms with Crippen LogP contribution in [-0.2, 0) is 6.42 Å². The van der Waals surface area contributed by atoms with Crippen molar-refractivity contribution in [2.45, 2.75) is 11.2 Å². The topological polar surface area (TPSA) is 17.1 Å². The van der Waals surface area contributed by atoms with Crippen molar-refractivity contribution < 1.29 is 13.6 Å². The molecule has 1 atom stereocenters. The van der Waals surface area contributed by atoms with E-state index in [2.05, 4.69) is 15.9 Å². The second-order valence-electron chi connectivity index (χ2n) is 2.96. The van der Waals surface area contributed by atoms with Crippen molar-refractivity contribution in [3.8, 4) is 0 Å². The first-order valence-electron chi connectivity index (χ1n) is 3.76. The Labute approximate surface area is 81.9 Å². The number of halogens is 3. The highest BCUT2D eigenvalue weighted by molar-refractivity contribution is 9.10. The molecule has 1 aromatic carbocycles. The number of hydrogen-bond donors (Lipinski definition) is 0. The maximum Gasteiger partial charge on any atom is 0.177 e. The van der Waals surface area contributed by atoms with Gasteiger partial charge in [-0.1, -0.05) is 15.9 Å². The van der Waals surface area contributed by atoms with Gasteiger partial charge in [0.2, 0.25) is 0 Å². The zero-order valence-corrected chi connectivity index (χ0v) is 8.07. The van der Waals surface area contributed by atoms with Gasteiger partial charge in [0.05, 0.1) is 4.83 Å². The standard InChI is InChI=1S/C9H5BrF2O/c10-6-1-4-2-7(11)8(12)3-5(4)9(6)13/h2-3,6H,1H2. The first kappa shape index (κ1) is 8.81. The third-order valence-electron chi connectivity index (χ3n) is 2.10. The van der Waals surface area contributed by atoms with Crippen LogP contribution in [0.5, 0.6) is 0 Å². The van der Waals surface area contributed by atoms with Crippen LogP contribution in [0.4, 0.5) is 8.78 Å². The van der Waals surface area contributed by atoms with Gasteiger partial charge in [0.1, 0.15) is 0 Å². The Morgan fingerprint density at radius 3 is 2.62 bits per heavy atom. The summed E-state index contributed by atoms with van der Waals surface area (Å²) in [7, 11) is 0. The summed E-state index contributed by atoms with van der Waals surface area (Å²) in [6.45, 7) is 0. The fraction of sp³-hybridized carbons (Fsp3) is 0.222. The number of ketones is 1. The molecule has 1 nitrogen and oxygen atoms in total. The average molecular weight is 247 g/mol. The molecule has 68 valence electrons. The first-order chi connectivity index (χ1) is 6.09. The Bertz CT molecular complexity index is 389. The van der Waals surface area contributed by atoms with E-state index in [9.17, 15) is 13.6 Å². The van der Waals surface area contributed by atoms with E-state index < -0.39 is 11.6 Å². The summed E-state index contributed by atoms with van der Waals surface area (Å²) < 4.78 is 25.5. The number of fused-ring (bicyclic) bond motifs is 1. The number of benzene rings is 1. The highest BCUT2D eigenvalue weighted by Crippen LogP contribution is 2.28. The van der Waals surface area contributed by atoms with E-state index in [0.29, 0.717) is 17.5 Å². The molecular formula is C9H5BrF2O. The predicted octanol–water partition coefficient (Wildman–Crippen LogP) is 2.47. The molecule has 0 saturated heterocycles. The van der Waals surface area contributed by atoms with Crippen LogP contribution in [0.25, 0.3) is 0 Å². The lowest BCUT2D eigenvalue weighted by molar-refractivity contribution is 0.100. The van der Waals surface area contributed by atoms with Crippen LogP contribution in [0, 0.1) is 11.6 Å². The molecule has 1 aromatic rings. The fourth-order valence-corrected chi connectivity index (χ4v) is 2.04. The minimum absolute atomic E-state index is 0.172. The third kappa shape index (κ3) is 1.29. The molecule has 13 heavy (non-hydrogen) atoms. The average Bonchev–Trinajstić information content (AvgIpc) is 2.32. The van der Waals surface area contributed by atoms with Crippen molar-refractivity contribution in [1.82, 2.24) is 0 Å². The Morgan fingerprint density at radius 2 is 1.92 bits per heavy atom. The first-order valence-corrected chi connectivity index (χ1v) is 4.67. The minimum atomic E-state index is -0.964. The van der Waals surface area contributed by atoms with E-state index in [-0.39, 0.29) is 10.6 Å². The molecular weight excluding hydrogens is 242 g/mol. The zero-order valence-electron chi connectivity index (χ0n) is 6.48. The van der Waals surface area contributed by atoms with Gasteiger partial charge in [0.25, 0.3) is 0 Å². The summed E-state index contributed by atoms with van der Waals surface area (Å²) in [4.78, 5) is 11.0. The number of rotatable bonds is 0. The van der Waals surface area contributed by atoms with Gasteiger partial charge in [0, 0.05) is 5.56 Å². The van der Waals surface area contributed by atoms with Gasteiger partial charge in [-0.25, -0.2) is 8.78 Å². The maximum absolute atomic E-state index is 12.7. The van der Waals surface area contributed by atoms with Crippen molar-refractivity contribution in [1.29, 1.82) is 0 Å². The van der Waals surface area contributed by atoms with Gasteiger partial charge in [-0.15, -0.1) is 0 Å². The van der Waals surface area contributed by atoms with Crippen LogP contribution in [0.1, 0.15) is 15.9 Å². The Balaban J connectivity index is 2.59. The molecule has 0 spiro atoms. The highest BCUT2D eigenvalue weighted by atomic mass is 79.9. The smallest absolute Gasteiger partial charge is 0.177 e. The lowest BCUT2D eigenvalue weighted by Crippen LogP contribution is -2.06. The molecule has 0 fully saturated rings. The molecule has 2 rings (SSSR count). The van der Waals surface area contributed by atoms with E-state index in [4.69, 9.17) is 0 Å². The van der Waals surface area contributed by atoms with Crippen molar-refractivity contribution in [3.63, 3.8) is 0 Å². The Hall–Kier alpha value is -0.770. The molecule has 4 heteroatoms. The largest absolute Gasteiger partial charge is 0.293 e. The van der Waals surface area contributed by atoms with Crippen molar-refractivity contribution >= 4 is 21.7 Å². The van der Waals surface area contributed by atoms with Crippen molar-refractivity contribution in [3.05, 3.63) is 34.9 Å². The van der Waals surface area contributed by atoms with E-state index in [1.807, 2.05) is 0 Å². The highest BCUT2D eigenvalue weighted by Gasteiger charge is 2.29. The molecule has 0 N–H and O–H groups in total. The van der Waals surface area contributed by atoms with Crippen LogP contribution >= 0.6 is 15.9 Å². The Morgan fingerprint density at radius 1 is 1.31 bits per heavy atom. The van der Waals surface area contributed by atoms with Gasteiger partial charge in [-0.3, -0.25) is 4.79 Å². The molecule has 0 bridgehead atoms. The van der Waals surface area contributed by atoms with Gasteiger partial charge in [-0.05, 0) is 24.1 Å². The molecule has 1 aliphatic rings. The lowest BCUT2D eigenvalue weighted by Gasteiger charge is -1.97. The second-order valence-corrected chi connectivity index (χ2v) is 4.06. The summed E-state index contributed by atoms with van der Waals surface area (Å²) in [5.41, 5.74) is 0.867. The van der Waals surface area contributed by atoms with Crippen LogP contribution < -0.4 is 0 Å². The monoisotopic (exact) mass is 246 g/mol. The van der Waals surface area contributed by atoms with Crippen LogP contribution in [0.2, 0.25) is 0 Å². The summed E-state index contributed by atoms with van der Waals surface area (Å²) >= 11 is 3.14. The fourth-order valence-electron chi connectivity index (χ4n) is 1.44. The number of carbonyl (C=O) groups excluding carboxylic acids is 1. The third-order valence-corrected chi connectivity index (χ3v) is 2.83. The molecule has 1 aliphatic carbocycles. The summed E-state index contributed by atoms with van der Waals surface area (Å²) in [5.74, 6) is -2.03. The molecule has 0 radical (unpaired) electrons. The second kappa shape index (κ2) is 2.87. The van der Waals surface area contributed by atoms with Gasteiger partial charge < -0.3 is 0 Å². The molecule has 0 aliphatic heterocycles. The van der Waals surface area contributed by atoms with Crippen molar-refractivity contribution in [2.24, 2.45) is 0 Å². The van der Waals surface area contributed by atoms with Gasteiger partial charge in [0.15, 0.2) is 17.4 Å². The number of Topliss-reactive ketones (excluding diaryl/α,β-unsaturated/α-hetero) is 1. The number of carbonyl (C=O) groups is 1. The number of alkyl halides is 1.